The lowest BCUT2D eigenvalue weighted by Crippen LogP contribution is -2.44. The number of amides is 2. The zero-order valence-corrected chi connectivity index (χ0v) is 11.5. The molecular formula is C14H20N2O4. The van der Waals surface area contributed by atoms with Gasteiger partial charge >= 0.3 is 0 Å². The molecule has 4 rings (SSSR count). The molecule has 0 aromatic heterocycles. The van der Waals surface area contributed by atoms with Gasteiger partial charge in [-0.1, -0.05) is 0 Å². The summed E-state index contributed by atoms with van der Waals surface area (Å²) in [6.45, 7) is 4.53. The van der Waals surface area contributed by atoms with Gasteiger partial charge in [0.25, 0.3) is 0 Å². The maximum Gasteiger partial charge on any atom is 0.235 e. The predicted octanol–water partition coefficient (Wildman–Crippen LogP) is -0.519. The zero-order chi connectivity index (χ0) is 13.7. The van der Waals surface area contributed by atoms with Crippen molar-refractivity contribution in [2.45, 2.75) is 25.0 Å². The molecule has 0 aromatic rings. The van der Waals surface area contributed by atoms with Gasteiger partial charge in [0.1, 0.15) is 0 Å². The number of nitrogens with zero attached hydrogens (tertiary/aromatic N) is 2. The van der Waals surface area contributed by atoms with Gasteiger partial charge in [-0.2, -0.15) is 0 Å². The molecule has 0 aliphatic carbocycles. The lowest BCUT2D eigenvalue weighted by Gasteiger charge is -2.28. The van der Waals surface area contributed by atoms with Crippen LogP contribution in [0.1, 0.15) is 12.8 Å². The third-order valence-corrected chi connectivity index (χ3v) is 5.12. The van der Waals surface area contributed by atoms with Gasteiger partial charge in [-0.25, -0.2) is 0 Å². The molecule has 0 aromatic carbocycles. The van der Waals surface area contributed by atoms with Crippen LogP contribution in [0.4, 0.5) is 0 Å². The SMILES string of the molecule is O=C1[C@@H]2[C@H](C(=O)N1CCN1CCOCC1)[C@@H]1CC[C@H]2O1. The number of likely N-dealkylation sites (tertiary alicyclic amines) is 1. The summed E-state index contributed by atoms with van der Waals surface area (Å²) in [6.07, 6.45) is 1.86. The van der Waals surface area contributed by atoms with Crippen LogP contribution >= 0.6 is 0 Å². The molecule has 2 amide bonds. The summed E-state index contributed by atoms with van der Waals surface area (Å²) in [4.78, 5) is 28.6. The average molecular weight is 280 g/mol. The van der Waals surface area contributed by atoms with Crippen LogP contribution in [-0.4, -0.2) is 73.2 Å². The molecule has 4 aliphatic heterocycles. The standard InChI is InChI=1S/C14H20N2O4/c17-13-11-9-1-2-10(20-9)12(11)14(18)16(13)4-3-15-5-7-19-8-6-15/h9-12H,1-8H2/t9-,10+,11+,12-. The first-order valence-corrected chi connectivity index (χ1v) is 7.56. The van der Waals surface area contributed by atoms with E-state index in [4.69, 9.17) is 9.47 Å². The Morgan fingerprint density at radius 3 is 2.15 bits per heavy atom. The fourth-order valence-electron chi connectivity index (χ4n) is 4.06. The van der Waals surface area contributed by atoms with Crippen LogP contribution in [0.5, 0.6) is 0 Å². The Morgan fingerprint density at radius 2 is 1.55 bits per heavy atom. The summed E-state index contributed by atoms with van der Waals surface area (Å²) in [5.74, 6) is -0.377. The number of hydrogen-bond acceptors (Lipinski definition) is 5. The first-order chi connectivity index (χ1) is 9.75. The van der Waals surface area contributed by atoms with Crippen molar-refractivity contribution < 1.29 is 19.1 Å². The average Bonchev–Trinajstić information content (AvgIpc) is 3.13. The van der Waals surface area contributed by atoms with E-state index in [0.29, 0.717) is 6.54 Å². The molecule has 0 spiro atoms. The van der Waals surface area contributed by atoms with E-state index in [1.54, 1.807) is 0 Å². The maximum absolute atomic E-state index is 12.4. The molecule has 0 saturated carbocycles. The number of carbonyl (C=O) groups is 2. The highest BCUT2D eigenvalue weighted by Crippen LogP contribution is 2.48. The van der Waals surface area contributed by atoms with Crippen molar-refractivity contribution >= 4 is 11.8 Å². The number of hydrogen-bond donors (Lipinski definition) is 0. The lowest BCUT2D eigenvalue weighted by atomic mass is 9.81. The summed E-state index contributed by atoms with van der Waals surface area (Å²) >= 11 is 0. The second kappa shape index (κ2) is 4.79. The Hall–Kier alpha value is -0.980. The Labute approximate surface area is 118 Å². The molecular weight excluding hydrogens is 260 g/mol. The smallest absolute Gasteiger partial charge is 0.235 e. The molecule has 4 fully saturated rings. The molecule has 4 heterocycles. The van der Waals surface area contributed by atoms with Gasteiger partial charge in [-0.15, -0.1) is 0 Å². The molecule has 4 atom stereocenters. The molecule has 0 unspecified atom stereocenters. The van der Waals surface area contributed by atoms with Crippen molar-refractivity contribution in [1.29, 1.82) is 0 Å². The van der Waals surface area contributed by atoms with E-state index in [1.165, 1.54) is 4.90 Å². The summed E-state index contributed by atoms with van der Waals surface area (Å²) in [7, 11) is 0. The lowest BCUT2D eigenvalue weighted by molar-refractivity contribution is -0.142. The fraction of sp³-hybridized carbons (Fsp3) is 0.857. The van der Waals surface area contributed by atoms with Gasteiger partial charge in [0.15, 0.2) is 0 Å². The fourth-order valence-corrected chi connectivity index (χ4v) is 4.06. The highest BCUT2D eigenvalue weighted by atomic mass is 16.5. The van der Waals surface area contributed by atoms with Crippen molar-refractivity contribution in [1.82, 2.24) is 9.80 Å². The number of rotatable bonds is 3. The van der Waals surface area contributed by atoms with Crippen LogP contribution in [0.15, 0.2) is 0 Å². The van der Waals surface area contributed by atoms with E-state index >= 15 is 0 Å². The zero-order valence-electron chi connectivity index (χ0n) is 11.5. The van der Waals surface area contributed by atoms with Gasteiger partial charge in [0.05, 0.1) is 37.3 Å². The molecule has 2 bridgehead atoms. The Kier molecular flexibility index (Phi) is 3.05. The normalized spacial score (nSPS) is 40.7. The van der Waals surface area contributed by atoms with Gasteiger partial charge in [-0.05, 0) is 12.8 Å². The monoisotopic (exact) mass is 280 g/mol. The highest BCUT2D eigenvalue weighted by Gasteiger charge is 2.62. The van der Waals surface area contributed by atoms with Crippen LogP contribution in [0, 0.1) is 11.8 Å². The van der Waals surface area contributed by atoms with E-state index in [1.807, 2.05) is 0 Å². The number of ether oxygens (including phenoxy) is 2. The summed E-state index contributed by atoms with van der Waals surface area (Å²) in [5.41, 5.74) is 0. The minimum absolute atomic E-state index is 0.000425. The van der Waals surface area contributed by atoms with Crippen molar-refractivity contribution in [3.8, 4) is 0 Å². The second-order valence-electron chi connectivity index (χ2n) is 6.12. The van der Waals surface area contributed by atoms with E-state index in [-0.39, 0.29) is 35.9 Å². The van der Waals surface area contributed by atoms with Crippen LogP contribution in [0.3, 0.4) is 0 Å². The Morgan fingerprint density at radius 1 is 0.950 bits per heavy atom. The van der Waals surface area contributed by atoms with Gasteiger partial charge in [0, 0.05) is 26.2 Å². The molecule has 4 saturated heterocycles. The van der Waals surface area contributed by atoms with Crippen molar-refractivity contribution in [3.63, 3.8) is 0 Å². The summed E-state index contributed by atoms with van der Waals surface area (Å²) in [5, 5.41) is 0. The van der Waals surface area contributed by atoms with E-state index < -0.39 is 0 Å². The summed E-state index contributed by atoms with van der Waals surface area (Å²) < 4.78 is 11.0. The largest absolute Gasteiger partial charge is 0.379 e. The van der Waals surface area contributed by atoms with Crippen LogP contribution in [0.25, 0.3) is 0 Å². The Balaban J connectivity index is 1.41. The molecule has 4 aliphatic rings. The van der Waals surface area contributed by atoms with Crippen molar-refractivity contribution in [2.75, 3.05) is 39.4 Å². The first kappa shape index (κ1) is 12.7. The highest BCUT2D eigenvalue weighted by molar-refractivity contribution is 6.06. The van der Waals surface area contributed by atoms with E-state index in [2.05, 4.69) is 4.90 Å². The third kappa shape index (κ3) is 1.82. The van der Waals surface area contributed by atoms with Gasteiger partial charge in [0.2, 0.25) is 11.8 Å². The third-order valence-electron chi connectivity index (χ3n) is 5.12. The topological polar surface area (TPSA) is 59.1 Å². The molecule has 0 N–H and O–H groups in total. The quantitative estimate of drug-likeness (QED) is 0.651. The second-order valence-corrected chi connectivity index (χ2v) is 6.12. The van der Waals surface area contributed by atoms with Crippen molar-refractivity contribution in [2.24, 2.45) is 11.8 Å². The van der Waals surface area contributed by atoms with Gasteiger partial charge < -0.3 is 9.47 Å². The van der Waals surface area contributed by atoms with Gasteiger partial charge in [-0.3, -0.25) is 19.4 Å². The molecule has 20 heavy (non-hydrogen) atoms. The number of morpholine rings is 1. The molecule has 6 nitrogen and oxygen atoms in total. The minimum Gasteiger partial charge on any atom is -0.379 e. The minimum atomic E-state index is -0.189. The predicted molar refractivity (Wildman–Crippen MR) is 68.9 cm³/mol. The number of carbonyl (C=O) groups excluding carboxylic acids is 2. The molecule has 6 heteroatoms. The maximum atomic E-state index is 12.4. The van der Waals surface area contributed by atoms with Crippen molar-refractivity contribution in [3.05, 3.63) is 0 Å². The van der Waals surface area contributed by atoms with Crippen LogP contribution < -0.4 is 0 Å². The molecule has 0 radical (unpaired) electrons. The Bertz CT molecular complexity index is 407. The number of fused-ring (bicyclic) bond motifs is 5. The van der Waals surface area contributed by atoms with E-state index in [9.17, 15) is 9.59 Å². The van der Waals surface area contributed by atoms with Crippen LogP contribution in [0.2, 0.25) is 0 Å². The molecule has 110 valence electrons. The van der Waals surface area contributed by atoms with E-state index in [0.717, 1.165) is 45.7 Å². The number of imide groups is 1. The van der Waals surface area contributed by atoms with Crippen LogP contribution in [-0.2, 0) is 19.1 Å². The first-order valence-electron chi connectivity index (χ1n) is 7.56. The summed E-state index contributed by atoms with van der Waals surface area (Å²) in [6, 6.07) is 0.